The van der Waals surface area contributed by atoms with Crippen LogP contribution < -0.4 is 30.9 Å². The fraction of sp³-hybridized carbons (Fsp3) is 0.436. The van der Waals surface area contributed by atoms with Gasteiger partial charge >= 0.3 is 0 Å². The van der Waals surface area contributed by atoms with Crippen molar-refractivity contribution in [2.45, 2.75) is 71.1 Å². The van der Waals surface area contributed by atoms with Crippen LogP contribution in [0.4, 0.5) is 5.69 Å². The molecule has 1 aliphatic rings. The number of hydrogen-bond donors (Lipinski definition) is 5. The molecule has 1 aliphatic carbocycles. The van der Waals surface area contributed by atoms with Crippen LogP contribution in [-0.4, -0.2) is 76.6 Å². The van der Waals surface area contributed by atoms with Gasteiger partial charge in [-0.15, -0.1) is 0 Å². The Bertz CT molecular complexity index is 1800. The molecule has 13 heteroatoms. The highest BCUT2D eigenvalue weighted by Gasteiger charge is 2.38. The quantitative estimate of drug-likeness (QED) is 0.133. The first-order valence-electron chi connectivity index (χ1n) is 17.8. The van der Waals surface area contributed by atoms with Gasteiger partial charge < -0.3 is 26.6 Å². The molecule has 0 heterocycles. The van der Waals surface area contributed by atoms with E-state index in [9.17, 15) is 27.6 Å². The second kappa shape index (κ2) is 18.1. The number of likely N-dealkylation sites (N-methyl/N-ethyl adjacent to an activating group) is 1. The Morgan fingerprint density at radius 1 is 0.808 bits per heavy atom. The Morgan fingerprint density at radius 2 is 1.38 bits per heavy atom. The van der Waals surface area contributed by atoms with Crippen molar-refractivity contribution in [2.75, 3.05) is 30.7 Å². The van der Waals surface area contributed by atoms with Gasteiger partial charge in [0.1, 0.15) is 6.04 Å². The zero-order valence-corrected chi connectivity index (χ0v) is 31.6. The van der Waals surface area contributed by atoms with Crippen LogP contribution in [0, 0.1) is 11.8 Å². The largest absolute Gasteiger partial charge is 0.355 e. The molecule has 280 valence electrons. The summed E-state index contributed by atoms with van der Waals surface area (Å²) in [6.07, 6.45) is 3.20. The van der Waals surface area contributed by atoms with Crippen molar-refractivity contribution < 1.29 is 27.6 Å². The van der Waals surface area contributed by atoms with Gasteiger partial charge in [0.25, 0.3) is 11.8 Å². The molecule has 0 aliphatic heterocycles. The summed E-state index contributed by atoms with van der Waals surface area (Å²) >= 11 is 0. The monoisotopic (exact) mass is 732 g/mol. The lowest BCUT2D eigenvalue weighted by Gasteiger charge is -2.27. The van der Waals surface area contributed by atoms with Crippen LogP contribution in [0.1, 0.15) is 78.4 Å². The Kier molecular flexibility index (Phi) is 14.0. The van der Waals surface area contributed by atoms with Crippen molar-refractivity contribution in [3.63, 3.8) is 0 Å². The minimum absolute atomic E-state index is 0.0951. The summed E-state index contributed by atoms with van der Waals surface area (Å²) in [7, 11) is -2.36. The van der Waals surface area contributed by atoms with Crippen LogP contribution in [0.5, 0.6) is 0 Å². The fourth-order valence-electron chi connectivity index (χ4n) is 5.93. The normalized spacial score (nSPS) is 15.1. The number of nitrogens with zero attached hydrogens (tertiary/aromatic N) is 1. The zero-order valence-electron chi connectivity index (χ0n) is 30.8. The molecule has 4 atom stereocenters. The van der Waals surface area contributed by atoms with E-state index in [-0.39, 0.29) is 53.1 Å². The molecule has 0 radical (unpaired) electrons. The minimum Gasteiger partial charge on any atom is -0.355 e. The molecule has 1 saturated carbocycles. The molecule has 0 saturated heterocycles. The van der Waals surface area contributed by atoms with Crippen molar-refractivity contribution in [1.29, 1.82) is 0 Å². The van der Waals surface area contributed by atoms with Crippen molar-refractivity contribution >= 4 is 39.3 Å². The maximum atomic E-state index is 14.0. The summed E-state index contributed by atoms with van der Waals surface area (Å²) in [5.74, 6) is -1.51. The maximum Gasteiger partial charge on any atom is 0.251 e. The average Bonchev–Trinajstić information content (AvgIpc) is 3.96. The molecule has 12 nitrogen and oxygen atoms in total. The number of rotatable bonds is 18. The molecule has 4 amide bonds. The van der Waals surface area contributed by atoms with Crippen molar-refractivity contribution in [3.8, 4) is 0 Å². The highest BCUT2D eigenvalue weighted by Crippen LogP contribution is 2.33. The van der Waals surface area contributed by atoms with Gasteiger partial charge in [0.2, 0.25) is 21.8 Å². The first kappa shape index (κ1) is 40.0. The Labute approximate surface area is 307 Å². The molecule has 1 fully saturated rings. The minimum atomic E-state index is -3.73. The van der Waals surface area contributed by atoms with Crippen molar-refractivity contribution in [1.82, 2.24) is 26.6 Å². The van der Waals surface area contributed by atoms with E-state index >= 15 is 0 Å². The molecular weight excluding hydrogens is 681 g/mol. The number of carbonyl (C=O) groups excluding carboxylic acids is 4. The summed E-state index contributed by atoms with van der Waals surface area (Å²) in [6, 6.07) is 21.2. The first-order chi connectivity index (χ1) is 24.7. The highest BCUT2D eigenvalue weighted by molar-refractivity contribution is 7.92. The van der Waals surface area contributed by atoms with Gasteiger partial charge in [-0.3, -0.25) is 23.5 Å². The SMILES string of the molecule is CCNC(=O)[C@@H](NC(=O)[C@@H](NC[C@H](Cc1ccccc1)NC(=O)c1cc(C(=O)N[C@H](C)c2ccccc2)cc(N(C)S(C)(=O)=O)c1)C1CC1)C(C)C. The average molecular weight is 733 g/mol. The third-order valence-electron chi connectivity index (χ3n) is 9.17. The predicted octanol–water partition coefficient (Wildman–Crippen LogP) is 3.56. The fourth-order valence-corrected chi connectivity index (χ4v) is 6.42. The van der Waals surface area contributed by atoms with Gasteiger partial charge in [0.05, 0.1) is 24.0 Å². The van der Waals surface area contributed by atoms with Gasteiger partial charge in [-0.05, 0) is 74.3 Å². The van der Waals surface area contributed by atoms with Crippen LogP contribution in [0.2, 0.25) is 0 Å². The van der Waals surface area contributed by atoms with Gasteiger partial charge in [0.15, 0.2) is 0 Å². The van der Waals surface area contributed by atoms with E-state index in [0.717, 1.165) is 34.5 Å². The van der Waals surface area contributed by atoms with E-state index in [2.05, 4.69) is 26.6 Å². The van der Waals surface area contributed by atoms with Gasteiger partial charge in [-0.25, -0.2) is 8.42 Å². The summed E-state index contributed by atoms with van der Waals surface area (Å²) < 4.78 is 26.1. The van der Waals surface area contributed by atoms with E-state index in [1.807, 2.05) is 88.4 Å². The van der Waals surface area contributed by atoms with Gasteiger partial charge in [-0.2, -0.15) is 0 Å². The van der Waals surface area contributed by atoms with E-state index < -0.39 is 40.0 Å². The second-order valence-electron chi connectivity index (χ2n) is 13.8. The van der Waals surface area contributed by atoms with Gasteiger partial charge in [-0.1, -0.05) is 74.5 Å². The molecule has 0 unspecified atom stereocenters. The lowest BCUT2D eigenvalue weighted by Crippen LogP contribution is -2.57. The lowest BCUT2D eigenvalue weighted by molar-refractivity contribution is -0.131. The Morgan fingerprint density at radius 3 is 1.92 bits per heavy atom. The molecule has 0 aromatic heterocycles. The summed E-state index contributed by atoms with van der Waals surface area (Å²) in [6.45, 7) is 8.12. The van der Waals surface area contributed by atoms with Gasteiger partial charge in [0, 0.05) is 37.3 Å². The second-order valence-corrected chi connectivity index (χ2v) is 15.8. The molecule has 3 aromatic rings. The van der Waals surface area contributed by atoms with E-state index in [1.165, 1.54) is 25.2 Å². The third-order valence-corrected chi connectivity index (χ3v) is 10.4. The van der Waals surface area contributed by atoms with Crippen molar-refractivity contribution in [3.05, 3.63) is 101 Å². The molecule has 52 heavy (non-hydrogen) atoms. The molecule has 4 rings (SSSR count). The number of hydrogen-bond acceptors (Lipinski definition) is 7. The van der Waals surface area contributed by atoms with Crippen LogP contribution >= 0.6 is 0 Å². The standard InChI is InChI=1S/C39H52N6O6S/c1-7-40-38(48)34(25(2)3)44-39(49)35(29-18-19-29)41-24-32(20-27-14-10-8-11-15-27)43-37(47)31-21-30(22-33(23-31)45(5)52(6,50)51)36(46)42-26(4)28-16-12-9-13-17-28/h8-17,21-23,25-26,29,32,34-35,41H,7,18-20,24H2,1-6H3,(H,40,48)(H,42,46)(H,43,47)(H,44,49)/t26-,32+,34+,35+/m1/s1. The molecule has 3 aromatic carbocycles. The van der Waals surface area contributed by atoms with E-state index in [4.69, 9.17) is 0 Å². The Balaban J connectivity index is 1.59. The predicted molar refractivity (Wildman–Crippen MR) is 203 cm³/mol. The number of amides is 4. The highest BCUT2D eigenvalue weighted by atomic mass is 32.2. The van der Waals surface area contributed by atoms with Crippen molar-refractivity contribution in [2.24, 2.45) is 11.8 Å². The number of carbonyl (C=O) groups is 4. The first-order valence-corrected chi connectivity index (χ1v) is 19.6. The molecule has 5 N–H and O–H groups in total. The van der Waals surface area contributed by atoms with Crippen LogP contribution in [0.15, 0.2) is 78.9 Å². The topological polar surface area (TPSA) is 166 Å². The summed E-state index contributed by atoms with van der Waals surface area (Å²) in [5.41, 5.74) is 2.22. The number of nitrogens with one attached hydrogen (secondary N) is 5. The maximum absolute atomic E-state index is 14.0. The number of sulfonamides is 1. The molecule has 0 bridgehead atoms. The molecule has 0 spiro atoms. The van der Waals surface area contributed by atoms with Crippen LogP contribution in [0.25, 0.3) is 0 Å². The summed E-state index contributed by atoms with van der Waals surface area (Å²) in [4.78, 5) is 53.8. The lowest BCUT2D eigenvalue weighted by atomic mass is 10.0. The number of anilines is 1. The zero-order chi connectivity index (χ0) is 38.0. The Hall–Kier alpha value is -4.75. The van der Waals surface area contributed by atoms with Crippen LogP contribution in [0.3, 0.4) is 0 Å². The third kappa shape index (κ3) is 11.4. The smallest absolute Gasteiger partial charge is 0.251 e. The molecular formula is C39H52N6O6S. The van der Waals surface area contributed by atoms with Crippen LogP contribution in [-0.2, 0) is 26.0 Å². The van der Waals surface area contributed by atoms with E-state index in [1.54, 1.807) is 0 Å². The summed E-state index contributed by atoms with van der Waals surface area (Å²) in [5, 5.41) is 15.1. The number of benzene rings is 3. The van der Waals surface area contributed by atoms with E-state index in [0.29, 0.717) is 13.0 Å².